The zero-order valence-electron chi connectivity index (χ0n) is 15.1. The Bertz CT molecular complexity index is 789. The molecule has 0 aliphatic heterocycles. The highest BCUT2D eigenvalue weighted by atomic mass is 16.5. The van der Waals surface area contributed by atoms with Crippen LogP contribution in [-0.2, 0) is 16.0 Å². The maximum absolute atomic E-state index is 12.4. The minimum atomic E-state index is -0.267. The fraction of sp³-hybridized carbons (Fsp3) is 0.333. The smallest absolute Gasteiger partial charge is 0.228 e. The molecular formula is C21H24N2O3. The average Bonchev–Trinajstić information content (AvgIpc) is 3.44. The van der Waals surface area contributed by atoms with Crippen LogP contribution in [0.15, 0.2) is 48.5 Å². The van der Waals surface area contributed by atoms with E-state index in [1.54, 1.807) is 7.11 Å². The van der Waals surface area contributed by atoms with Gasteiger partial charge in [0.05, 0.1) is 24.6 Å². The number of hydrogen-bond donors (Lipinski definition) is 2. The van der Waals surface area contributed by atoms with Crippen LogP contribution in [0, 0.1) is 18.8 Å². The summed E-state index contributed by atoms with van der Waals surface area (Å²) in [5.74, 6) is -0.0543. The van der Waals surface area contributed by atoms with Crippen molar-refractivity contribution in [2.24, 2.45) is 11.8 Å². The lowest BCUT2D eigenvalue weighted by atomic mass is 10.1. The van der Waals surface area contributed by atoms with Gasteiger partial charge in [0.1, 0.15) is 5.75 Å². The molecule has 0 heterocycles. The van der Waals surface area contributed by atoms with Crippen LogP contribution in [0.2, 0.25) is 0 Å². The van der Waals surface area contributed by atoms with Crippen molar-refractivity contribution in [3.63, 3.8) is 0 Å². The van der Waals surface area contributed by atoms with Gasteiger partial charge in [-0.1, -0.05) is 36.4 Å². The summed E-state index contributed by atoms with van der Waals surface area (Å²) in [6.45, 7) is 2.54. The summed E-state index contributed by atoms with van der Waals surface area (Å²) in [7, 11) is 1.57. The Morgan fingerprint density at radius 2 is 1.81 bits per heavy atom. The van der Waals surface area contributed by atoms with Crippen LogP contribution in [0.1, 0.15) is 17.5 Å². The minimum Gasteiger partial charge on any atom is -0.495 e. The van der Waals surface area contributed by atoms with Gasteiger partial charge in [-0.25, -0.2) is 0 Å². The lowest BCUT2D eigenvalue weighted by Crippen LogP contribution is -2.29. The van der Waals surface area contributed by atoms with Crippen molar-refractivity contribution >= 4 is 17.5 Å². The van der Waals surface area contributed by atoms with Gasteiger partial charge in [-0.15, -0.1) is 0 Å². The molecule has 0 radical (unpaired) electrons. The van der Waals surface area contributed by atoms with Crippen LogP contribution in [0.4, 0.5) is 5.69 Å². The summed E-state index contributed by atoms with van der Waals surface area (Å²) in [6.07, 6.45) is 1.38. The molecule has 0 bridgehead atoms. The fourth-order valence-electron chi connectivity index (χ4n) is 3.03. The number of anilines is 1. The molecule has 3 rings (SSSR count). The SMILES string of the molecule is COc1ccc(C)cc1NC(=O)C1CC1C(=O)NCCc1ccccc1. The second kappa shape index (κ2) is 8.04. The monoisotopic (exact) mass is 352 g/mol. The van der Waals surface area contributed by atoms with E-state index in [-0.39, 0.29) is 23.7 Å². The third kappa shape index (κ3) is 4.42. The van der Waals surface area contributed by atoms with Gasteiger partial charge in [0.15, 0.2) is 0 Å². The Kier molecular flexibility index (Phi) is 5.56. The molecule has 5 nitrogen and oxygen atoms in total. The Labute approximate surface area is 153 Å². The standard InChI is InChI=1S/C21H24N2O3/c1-14-8-9-19(26-2)18(12-14)23-21(25)17-13-16(17)20(24)22-11-10-15-6-4-3-5-7-15/h3-9,12,16-17H,10-11,13H2,1-2H3,(H,22,24)(H,23,25). The molecule has 0 aromatic heterocycles. The molecule has 2 N–H and O–H groups in total. The Hall–Kier alpha value is -2.82. The third-order valence-electron chi connectivity index (χ3n) is 4.63. The van der Waals surface area contributed by atoms with Gasteiger partial charge in [0.25, 0.3) is 0 Å². The van der Waals surface area contributed by atoms with Gasteiger partial charge in [0.2, 0.25) is 11.8 Å². The first-order valence-corrected chi connectivity index (χ1v) is 8.85. The molecule has 2 unspecified atom stereocenters. The van der Waals surface area contributed by atoms with Crippen molar-refractivity contribution in [3.8, 4) is 5.75 Å². The zero-order chi connectivity index (χ0) is 18.5. The van der Waals surface area contributed by atoms with Crippen molar-refractivity contribution < 1.29 is 14.3 Å². The van der Waals surface area contributed by atoms with E-state index in [0.717, 1.165) is 12.0 Å². The van der Waals surface area contributed by atoms with Crippen molar-refractivity contribution in [1.82, 2.24) is 5.32 Å². The van der Waals surface area contributed by atoms with Crippen molar-refractivity contribution in [2.75, 3.05) is 19.0 Å². The Morgan fingerprint density at radius 3 is 2.54 bits per heavy atom. The van der Waals surface area contributed by atoms with Gasteiger partial charge in [-0.3, -0.25) is 9.59 Å². The minimum absolute atomic E-state index is 0.0442. The second-order valence-corrected chi connectivity index (χ2v) is 6.67. The summed E-state index contributed by atoms with van der Waals surface area (Å²) < 4.78 is 5.28. The van der Waals surface area contributed by atoms with Crippen molar-refractivity contribution in [1.29, 1.82) is 0 Å². The summed E-state index contributed by atoms with van der Waals surface area (Å²) in [5, 5.41) is 5.82. The van der Waals surface area contributed by atoms with Gasteiger partial charge in [-0.2, -0.15) is 0 Å². The summed E-state index contributed by atoms with van der Waals surface area (Å²) >= 11 is 0. The Morgan fingerprint density at radius 1 is 1.08 bits per heavy atom. The molecule has 5 heteroatoms. The number of nitrogens with one attached hydrogen (secondary N) is 2. The number of ether oxygens (including phenoxy) is 1. The molecule has 0 spiro atoms. The number of aryl methyl sites for hydroxylation is 1. The summed E-state index contributed by atoms with van der Waals surface area (Å²) in [4.78, 5) is 24.6. The molecule has 1 saturated carbocycles. The molecule has 1 fully saturated rings. The maximum atomic E-state index is 12.4. The first-order chi connectivity index (χ1) is 12.6. The van der Waals surface area contributed by atoms with Crippen LogP contribution in [-0.4, -0.2) is 25.5 Å². The highest BCUT2D eigenvalue weighted by molar-refractivity contribution is 6.00. The van der Waals surface area contributed by atoms with Crippen LogP contribution in [0.5, 0.6) is 5.75 Å². The van der Waals surface area contributed by atoms with Gasteiger partial charge < -0.3 is 15.4 Å². The predicted octanol–water partition coefficient (Wildman–Crippen LogP) is 2.94. The van der Waals surface area contributed by atoms with Crippen LogP contribution < -0.4 is 15.4 Å². The number of methoxy groups -OCH3 is 1. The van der Waals surface area contributed by atoms with Gasteiger partial charge in [0, 0.05) is 6.54 Å². The highest BCUT2D eigenvalue weighted by Crippen LogP contribution is 2.40. The molecule has 1 aliphatic rings. The summed E-state index contributed by atoms with van der Waals surface area (Å²) in [5.41, 5.74) is 2.86. The molecular weight excluding hydrogens is 328 g/mol. The first kappa shape index (κ1) is 18.0. The number of benzene rings is 2. The van der Waals surface area contributed by atoms with Crippen LogP contribution in [0.25, 0.3) is 0 Å². The van der Waals surface area contributed by atoms with E-state index in [9.17, 15) is 9.59 Å². The summed E-state index contributed by atoms with van der Waals surface area (Å²) in [6, 6.07) is 15.6. The quantitative estimate of drug-likeness (QED) is 0.805. The molecule has 2 aromatic carbocycles. The van der Waals surface area contributed by atoms with E-state index in [2.05, 4.69) is 10.6 Å². The molecule has 1 aliphatic carbocycles. The van der Waals surface area contributed by atoms with Crippen LogP contribution >= 0.6 is 0 Å². The molecule has 2 amide bonds. The normalized spacial score (nSPS) is 18.1. The van der Waals surface area contributed by atoms with E-state index in [4.69, 9.17) is 4.74 Å². The average molecular weight is 352 g/mol. The number of carbonyl (C=O) groups is 2. The first-order valence-electron chi connectivity index (χ1n) is 8.85. The number of amides is 2. The zero-order valence-corrected chi connectivity index (χ0v) is 15.1. The molecule has 26 heavy (non-hydrogen) atoms. The number of carbonyl (C=O) groups excluding carboxylic acids is 2. The maximum Gasteiger partial charge on any atom is 0.228 e. The lowest BCUT2D eigenvalue weighted by molar-refractivity contribution is -0.125. The second-order valence-electron chi connectivity index (χ2n) is 6.67. The van der Waals surface area contributed by atoms with Gasteiger partial charge in [-0.05, 0) is 43.0 Å². The van der Waals surface area contributed by atoms with E-state index >= 15 is 0 Å². The van der Waals surface area contributed by atoms with E-state index in [1.165, 1.54) is 5.56 Å². The van der Waals surface area contributed by atoms with E-state index < -0.39 is 0 Å². The molecule has 136 valence electrons. The van der Waals surface area contributed by atoms with Gasteiger partial charge >= 0.3 is 0 Å². The van der Waals surface area contributed by atoms with Crippen LogP contribution in [0.3, 0.4) is 0 Å². The topological polar surface area (TPSA) is 67.4 Å². The Balaban J connectivity index is 1.48. The lowest BCUT2D eigenvalue weighted by Gasteiger charge is -2.11. The molecule has 2 atom stereocenters. The largest absolute Gasteiger partial charge is 0.495 e. The fourth-order valence-corrected chi connectivity index (χ4v) is 3.03. The van der Waals surface area contributed by atoms with Crippen molar-refractivity contribution in [3.05, 3.63) is 59.7 Å². The molecule has 2 aromatic rings. The highest BCUT2D eigenvalue weighted by Gasteiger charge is 2.48. The molecule has 0 saturated heterocycles. The number of rotatable bonds is 7. The van der Waals surface area contributed by atoms with E-state index in [1.807, 2.05) is 55.5 Å². The number of hydrogen-bond acceptors (Lipinski definition) is 3. The predicted molar refractivity (Wildman–Crippen MR) is 101 cm³/mol. The third-order valence-corrected chi connectivity index (χ3v) is 4.63. The van der Waals surface area contributed by atoms with E-state index in [0.29, 0.717) is 24.4 Å². The van der Waals surface area contributed by atoms with Crippen molar-refractivity contribution in [2.45, 2.75) is 19.8 Å².